The molecule has 0 bridgehead atoms. The number of ether oxygens (including phenoxy) is 2. The Balaban J connectivity index is 0.000000280. The van der Waals surface area contributed by atoms with Crippen molar-refractivity contribution in [3.63, 3.8) is 0 Å². The van der Waals surface area contributed by atoms with Crippen molar-refractivity contribution in [3.8, 4) is 11.5 Å². The van der Waals surface area contributed by atoms with Crippen LogP contribution in [0.25, 0.3) is 0 Å². The number of unbranched alkanes of at least 4 members (excludes halogenated alkanes) is 1. The smallest absolute Gasteiger partial charge is 0.395 e. The predicted molar refractivity (Wildman–Crippen MR) is 58.0 cm³/mol. The molecular formula is C12H16F2O2. The standard InChI is InChI=1S/C8H6F2O2.C4H10/c1-5-2-3-6-7(4-5)12-8(9,10)11-6;1-3-4-2/h2-4H,1H3;3-4H2,1-2H3. The van der Waals surface area contributed by atoms with Gasteiger partial charge in [0.05, 0.1) is 0 Å². The summed E-state index contributed by atoms with van der Waals surface area (Å²) in [6.07, 6.45) is -0.865. The first-order valence-electron chi connectivity index (χ1n) is 5.35. The van der Waals surface area contributed by atoms with Gasteiger partial charge >= 0.3 is 6.29 Å². The molecule has 0 unspecified atom stereocenters. The van der Waals surface area contributed by atoms with E-state index >= 15 is 0 Å². The fraction of sp³-hybridized carbons (Fsp3) is 0.500. The van der Waals surface area contributed by atoms with Gasteiger partial charge in [-0.2, -0.15) is 0 Å². The maximum atomic E-state index is 12.4. The first-order valence-corrected chi connectivity index (χ1v) is 5.35. The Morgan fingerprint density at radius 1 is 1.06 bits per heavy atom. The summed E-state index contributed by atoms with van der Waals surface area (Å²) in [6, 6.07) is 4.66. The quantitative estimate of drug-likeness (QED) is 0.722. The van der Waals surface area contributed by atoms with Crippen molar-refractivity contribution in [2.24, 2.45) is 0 Å². The topological polar surface area (TPSA) is 18.5 Å². The van der Waals surface area contributed by atoms with Crippen molar-refractivity contribution in [1.29, 1.82) is 0 Å². The van der Waals surface area contributed by atoms with E-state index in [4.69, 9.17) is 0 Å². The lowest BCUT2D eigenvalue weighted by Crippen LogP contribution is -2.25. The van der Waals surface area contributed by atoms with Crippen LogP contribution in [0, 0.1) is 6.92 Å². The molecule has 1 aliphatic heterocycles. The van der Waals surface area contributed by atoms with Crippen molar-refractivity contribution in [1.82, 2.24) is 0 Å². The Morgan fingerprint density at radius 2 is 1.62 bits per heavy atom. The monoisotopic (exact) mass is 230 g/mol. The van der Waals surface area contributed by atoms with Crippen LogP contribution in [0.1, 0.15) is 32.3 Å². The third-order valence-corrected chi connectivity index (χ3v) is 2.06. The molecule has 0 saturated carbocycles. The summed E-state index contributed by atoms with van der Waals surface area (Å²) in [5.41, 5.74) is 0.857. The average Bonchev–Trinajstić information content (AvgIpc) is 2.51. The molecule has 2 rings (SSSR count). The number of rotatable bonds is 1. The molecule has 0 amide bonds. The molecule has 0 radical (unpaired) electrons. The van der Waals surface area contributed by atoms with E-state index in [9.17, 15) is 8.78 Å². The van der Waals surface area contributed by atoms with E-state index in [-0.39, 0.29) is 11.5 Å². The molecule has 4 heteroatoms. The van der Waals surface area contributed by atoms with Gasteiger partial charge in [0.25, 0.3) is 0 Å². The van der Waals surface area contributed by atoms with Gasteiger partial charge in [-0.1, -0.05) is 32.8 Å². The fourth-order valence-corrected chi connectivity index (χ4v) is 1.06. The maximum absolute atomic E-state index is 12.4. The van der Waals surface area contributed by atoms with E-state index in [1.54, 1.807) is 13.0 Å². The van der Waals surface area contributed by atoms with Crippen molar-refractivity contribution >= 4 is 0 Å². The van der Waals surface area contributed by atoms with Gasteiger partial charge in [0.1, 0.15) is 0 Å². The van der Waals surface area contributed by atoms with Gasteiger partial charge in [-0.05, 0) is 24.6 Å². The van der Waals surface area contributed by atoms with Gasteiger partial charge < -0.3 is 9.47 Å². The molecule has 0 spiro atoms. The lowest BCUT2D eigenvalue weighted by atomic mass is 10.2. The molecule has 0 fully saturated rings. The van der Waals surface area contributed by atoms with Gasteiger partial charge in [-0.25, -0.2) is 0 Å². The van der Waals surface area contributed by atoms with Crippen molar-refractivity contribution in [2.75, 3.05) is 0 Å². The summed E-state index contributed by atoms with van der Waals surface area (Å²) in [5.74, 6) is 0.186. The average molecular weight is 230 g/mol. The van der Waals surface area contributed by atoms with E-state index in [1.807, 2.05) is 0 Å². The first-order chi connectivity index (χ1) is 7.48. The molecule has 0 aliphatic carbocycles. The molecule has 2 nitrogen and oxygen atoms in total. The zero-order chi connectivity index (χ0) is 12.2. The highest BCUT2D eigenvalue weighted by atomic mass is 19.3. The Kier molecular flexibility index (Phi) is 4.10. The zero-order valence-electron chi connectivity index (χ0n) is 9.72. The predicted octanol–water partition coefficient (Wildman–Crippen LogP) is 4.12. The minimum atomic E-state index is -3.50. The molecular weight excluding hydrogens is 214 g/mol. The SMILES string of the molecule is CCCC.Cc1ccc2c(c1)OC(F)(F)O2. The number of aryl methyl sites for hydroxylation is 1. The summed E-state index contributed by atoms with van der Waals surface area (Å²) in [4.78, 5) is 0. The van der Waals surface area contributed by atoms with Crippen LogP contribution in [0.2, 0.25) is 0 Å². The molecule has 0 atom stereocenters. The van der Waals surface area contributed by atoms with Crippen LogP contribution in [0.15, 0.2) is 18.2 Å². The maximum Gasteiger partial charge on any atom is 0.586 e. The Hall–Kier alpha value is -1.32. The molecule has 90 valence electrons. The van der Waals surface area contributed by atoms with Gasteiger partial charge in [0.15, 0.2) is 11.5 Å². The van der Waals surface area contributed by atoms with Gasteiger partial charge in [0.2, 0.25) is 0 Å². The number of hydrogen-bond acceptors (Lipinski definition) is 2. The Morgan fingerprint density at radius 3 is 2.19 bits per heavy atom. The van der Waals surface area contributed by atoms with Crippen LogP contribution in [0.3, 0.4) is 0 Å². The second-order valence-corrected chi connectivity index (χ2v) is 3.62. The first kappa shape index (κ1) is 12.7. The van der Waals surface area contributed by atoms with Crippen LogP contribution >= 0.6 is 0 Å². The highest BCUT2D eigenvalue weighted by Gasteiger charge is 2.43. The van der Waals surface area contributed by atoms with E-state index < -0.39 is 6.29 Å². The van der Waals surface area contributed by atoms with E-state index in [0.717, 1.165) is 5.56 Å². The Labute approximate surface area is 94.2 Å². The molecule has 1 aromatic carbocycles. The third-order valence-electron chi connectivity index (χ3n) is 2.06. The van der Waals surface area contributed by atoms with Crippen LogP contribution in [-0.2, 0) is 0 Å². The van der Waals surface area contributed by atoms with Gasteiger partial charge in [-0.15, -0.1) is 8.78 Å². The molecule has 0 aromatic heterocycles. The number of halogens is 2. The summed E-state index contributed by atoms with van der Waals surface area (Å²) >= 11 is 0. The van der Waals surface area contributed by atoms with E-state index in [1.165, 1.54) is 25.0 Å². The van der Waals surface area contributed by atoms with Crippen LogP contribution < -0.4 is 9.47 Å². The van der Waals surface area contributed by atoms with Crippen molar-refractivity contribution in [2.45, 2.75) is 39.9 Å². The summed E-state index contributed by atoms with van der Waals surface area (Å²) in [6.45, 7) is 6.15. The largest absolute Gasteiger partial charge is 0.586 e. The third kappa shape index (κ3) is 3.36. The van der Waals surface area contributed by atoms with Crippen LogP contribution in [-0.4, -0.2) is 6.29 Å². The summed E-state index contributed by atoms with van der Waals surface area (Å²) < 4.78 is 33.3. The molecule has 1 heterocycles. The molecule has 0 N–H and O–H groups in total. The zero-order valence-corrected chi connectivity index (χ0v) is 9.72. The number of benzene rings is 1. The summed E-state index contributed by atoms with van der Waals surface area (Å²) in [7, 11) is 0. The highest BCUT2D eigenvalue weighted by molar-refractivity contribution is 5.44. The lowest BCUT2D eigenvalue weighted by molar-refractivity contribution is -0.286. The van der Waals surface area contributed by atoms with Crippen LogP contribution in [0.5, 0.6) is 11.5 Å². The lowest BCUT2D eigenvalue weighted by Gasteiger charge is -2.04. The molecule has 0 saturated heterocycles. The normalized spacial score (nSPS) is 15.3. The second kappa shape index (κ2) is 5.14. The van der Waals surface area contributed by atoms with Gasteiger partial charge in [-0.3, -0.25) is 0 Å². The van der Waals surface area contributed by atoms with E-state index in [0.29, 0.717) is 0 Å². The summed E-state index contributed by atoms with van der Waals surface area (Å²) in [5, 5.41) is 0. The molecule has 1 aliphatic rings. The Bertz CT molecular complexity index is 349. The van der Waals surface area contributed by atoms with E-state index in [2.05, 4.69) is 23.3 Å². The van der Waals surface area contributed by atoms with Gasteiger partial charge in [0, 0.05) is 0 Å². The number of alkyl halides is 2. The van der Waals surface area contributed by atoms with Crippen molar-refractivity contribution in [3.05, 3.63) is 23.8 Å². The molecule has 16 heavy (non-hydrogen) atoms. The number of fused-ring (bicyclic) bond motifs is 1. The number of hydrogen-bond donors (Lipinski definition) is 0. The molecule has 1 aromatic rings. The fourth-order valence-electron chi connectivity index (χ4n) is 1.06. The highest BCUT2D eigenvalue weighted by Crippen LogP contribution is 2.40. The second-order valence-electron chi connectivity index (χ2n) is 3.62. The van der Waals surface area contributed by atoms with Crippen molar-refractivity contribution < 1.29 is 18.3 Å². The minimum Gasteiger partial charge on any atom is -0.395 e. The minimum absolute atomic E-state index is 0.0885. The van der Waals surface area contributed by atoms with Crippen LogP contribution in [0.4, 0.5) is 8.78 Å².